The lowest BCUT2D eigenvalue weighted by Gasteiger charge is -2.34. The standard InChI is InChI=1S/C13H23N5OS/c1-8-5-4-6-11(9(8)2)15-12(19)7-20-13-17-16-10(3)18(13)14/h8-9,11H,4-7,14H2,1-3H3,(H,15,19)/t8-,9+,11-/m0/s1. The lowest BCUT2D eigenvalue weighted by Crippen LogP contribution is -2.44. The van der Waals surface area contributed by atoms with E-state index in [-0.39, 0.29) is 5.91 Å². The smallest absolute Gasteiger partial charge is 0.230 e. The van der Waals surface area contributed by atoms with Crippen LogP contribution in [0.5, 0.6) is 0 Å². The predicted octanol–water partition coefficient (Wildman–Crippen LogP) is 1.33. The molecular formula is C13H23N5OS. The van der Waals surface area contributed by atoms with Crippen LogP contribution in [0.2, 0.25) is 0 Å². The highest BCUT2D eigenvalue weighted by Gasteiger charge is 2.28. The highest BCUT2D eigenvalue weighted by Crippen LogP contribution is 2.29. The van der Waals surface area contributed by atoms with Gasteiger partial charge in [0.25, 0.3) is 0 Å². The third kappa shape index (κ3) is 3.45. The number of hydrogen-bond acceptors (Lipinski definition) is 5. The van der Waals surface area contributed by atoms with Gasteiger partial charge in [0.15, 0.2) is 0 Å². The molecule has 0 saturated heterocycles. The topological polar surface area (TPSA) is 85.8 Å². The second-order valence-electron chi connectivity index (χ2n) is 5.63. The highest BCUT2D eigenvalue weighted by atomic mass is 32.2. The van der Waals surface area contributed by atoms with Gasteiger partial charge in [-0.25, -0.2) is 4.68 Å². The molecule has 0 bridgehead atoms. The van der Waals surface area contributed by atoms with Gasteiger partial charge in [-0.3, -0.25) is 4.79 Å². The first kappa shape index (κ1) is 15.2. The Kier molecular flexibility index (Phi) is 4.91. The van der Waals surface area contributed by atoms with Crippen molar-refractivity contribution in [3.05, 3.63) is 5.82 Å². The van der Waals surface area contributed by atoms with Crippen molar-refractivity contribution >= 4 is 17.7 Å². The molecular weight excluding hydrogens is 274 g/mol. The van der Waals surface area contributed by atoms with Gasteiger partial charge in [-0.15, -0.1) is 10.2 Å². The molecule has 1 fully saturated rings. The molecule has 1 aromatic rings. The molecule has 1 aliphatic rings. The van der Waals surface area contributed by atoms with Crippen molar-refractivity contribution in [2.75, 3.05) is 11.6 Å². The Morgan fingerprint density at radius 1 is 1.45 bits per heavy atom. The predicted molar refractivity (Wildman–Crippen MR) is 79.7 cm³/mol. The van der Waals surface area contributed by atoms with E-state index in [1.54, 1.807) is 6.92 Å². The van der Waals surface area contributed by atoms with Gasteiger partial charge in [0, 0.05) is 6.04 Å². The van der Waals surface area contributed by atoms with Crippen molar-refractivity contribution < 1.29 is 4.79 Å². The molecule has 0 unspecified atom stereocenters. The molecule has 0 aromatic carbocycles. The van der Waals surface area contributed by atoms with E-state index in [0.717, 1.165) is 6.42 Å². The first-order valence-electron chi connectivity index (χ1n) is 7.08. The molecule has 1 amide bonds. The fraction of sp³-hybridized carbons (Fsp3) is 0.769. The fourth-order valence-electron chi connectivity index (χ4n) is 2.61. The minimum Gasteiger partial charge on any atom is -0.352 e. The number of aromatic nitrogens is 3. The number of rotatable bonds is 4. The van der Waals surface area contributed by atoms with Gasteiger partial charge in [-0.2, -0.15) is 0 Å². The second-order valence-corrected chi connectivity index (χ2v) is 6.57. The van der Waals surface area contributed by atoms with E-state index in [9.17, 15) is 4.79 Å². The maximum atomic E-state index is 12.0. The molecule has 0 aliphatic heterocycles. The van der Waals surface area contributed by atoms with E-state index in [1.165, 1.54) is 29.3 Å². The van der Waals surface area contributed by atoms with E-state index in [1.807, 2.05) is 0 Å². The lowest BCUT2D eigenvalue weighted by atomic mass is 9.78. The Bertz CT molecular complexity index is 475. The molecule has 1 saturated carbocycles. The summed E-state index contributed by atoms with van der Waals surface area (Å²) in [5, 5.41) is 11.5. The number of amides is 1. The molecule has 0 radical (unpaired) electrons. The Hall–Kier alpha value is -1.24. The summed E-state index contributed by atoms with van der Waals surface area (Å²) in [7, 11) is 0. The number of nitrogens with one attached hydrogen (secondary N) is 1. The first-order chi connectivity index (χ1) is 9.49. The second kappa shape index (κ2) is 6.47. The Labute approximate surface area is 123 Å². The highest BCUT2D eigenvalue weighted by molar-refractivity contribution is 7.99. The van der Waals surface area contributed by atoms with Gasteiger partial charge in [0.2, 0.25) is 11.1 Å². The van der Waals surface area contributed by atoms with Crippen molar-refractivity contribution in [2.24, 2.45) is 11.8 Å². The number of carbonyl (C=O) groups excluding carboxylic acids is 1. The summed E-state index contributed by atoms with van der Waals surface area (Å²) in [6.07, 6.45) is 3.53. The van der Waals surface area contributed by atoms with Crippen molar-refractivity contribution in [2.45, 2.75) is 51.2 Å². The molecule has 3 atom stereocenters. The molecule has 1 heterocycles. The van der Waals surface area contributed by atoms with E-state index in [2.05, 4.69) is 29.4 Å². The molecule has 1 aliphatic carbocycles. The zero-order chi connectivity index (χ0) is 14.7. The summed E-state index contributed by atoms with van der Waals surface area (Å²) in [6, 6.07) is 0.296. The average Bonchev–Trinajstić information content (AvgIpc) is 2.73. The first-order valence-corrected chi connectivity index (χ1v) is 8.07. The van der Waals surface area contributed by atoms with Crippen LogP contribution in [0.25, 0.3) is 0 Å². The van der Waals surface area contributed by atoms with Crippen molar-refractivity contribution in [1.29, 1.82) is 0 Å². The molecule has 6 nitrogen and oxygen atoms in total. The van der Waals surface area contributed by atoms with E-state index < -0.39 is 0 Å². The maximum Gasteiger partial charge on any atom is 0.230 e. The molecule has 0 spiro atoms. The van der Waals surface area contributed by atoms with Gasteiger partial charge in [0.05, 0.1) is 5.75 Å². The monoisotopic (exact) mass is 297 g/mol. The molecule has 1 aromatic heterocycles. The summed E-state index contributed by atoms with van der Waals surface area (Å²) in [4.78, 5) is 12.0. The number of aryl methyl sites for hydroxylation is 1. The van der Waals surface area contributed by atoms with Gasteiger partial charge in [0.1, 0.15) is 5.82 Å². The summed E-state index contributed by atoms with van der Waals surface area (Å²) in [5.74, 6) is 7.98. The number of carbonyl (C=O) groups is 1. The zero-order valence-electron chi connectivity index (χ0n) is 12.3. The molecule has 2 rings (SSSR count). The summed E-state index contributed by atoms with van der Waals surface area (Å²) >= 11 is 1.32. The third-order valence-corrected chi connectivity index (χ3v) is 5.16. The number of nitrogens with zero attached hydrogens (tertiary/aromatic N) is 3. The normalized spacial score (nSPS) is 26.4. The van der Waals surface area contributed by atoms with Crippen molar-refractivity contribution in [3.63, 3.8) is 0 Å². The maximum absolute atomic E-state index is 12.0. The zero-order valence-corrected chi connectivity index (χ0v) is 13.1. The Morgan fingerprint density at radius 3 is 2.85 bits per heavy atom. The molecule has 20 heavy (non-hydrogen) atoms. The van der Waals surface area contributed by atoms with Crippen LogP contribution in [0.3, 0.4) is 0 Å². The molecule has 112 valence electrons. The Balaban J connectivity index is 1.82. The van der Waals surface area contributed by atoms with Crippen LogP contribution in [0.1, 0.15) is 38.9 Å². The summed E-state index contributed by atoms with van der Waals surface area (Å²) in [5.41, 5.74) is 0. The quantitative estimate of drug-likeness (QED) is 0.647. The summed E-state index contributed by atoms with van der Waals surface area (Å²) in [6.45, 7) is 6.27. The molecule has 7 heteroatoms. The Morgan fingerprint density at radius 2 is 2.20 bits per heavy atom. The number of nitrogen functional groups attached to an aromatic ring is 1. The average molecular weight is 297 g/mol. The van der Waals surface area contributed by atoms with Gasteiger partial charge < -0.3 is 11.2 Å². The van der Waals surface area contributed by atoms with Crippen LogP contribution in [-0.2, 0) is 4.79 Å². The number of thioether (sulfide) groups is 1. The minimum absolute atomic E-state index is 0.0432. The van der Waals surface area contributed by atoms with Gasteiger partial charge >= 0.3 is 0 Å². The van der Waals surface area contributed by atoms with Gasteiger partial charge in [-0.1, -0.05) is 38.5 Å². The fourth-order valence-corrected chi connectivity index (χ4v) is 3.33. The number of hydrogen-bond donors (Lipinski definition) is 2. The summed E-state index contributed by atoms with van der Waals surface area (Å²) < 4.78 is 1.41. The van der Waals surface area contributed by atoms with E-state index >= 15 is 0 Å². The van der Waals surface area contributed by atoms with Crippen LogP contribution in [0.15, 0.2) is 5.16 Å². The van der Waals surface area contributed by atoms with Crippen LogP contribution in [-0.4, -0.2) is 32.6 Å². The van der Waals surface area contributed by atoms with Crippen molar-refractivity contribution in [1.82, 2.24) is 20.2 Å². The minimum atomic E-state index is 0.0432. The van der Waals surface area contributed by atoms with Crippen molar-refractivity contribution in [3.8, 4) is 0 Å². The van der Waals surface area contributed by atoms with Crippen LogP contribution >= 0.6 is 11.8 Å². The van der Waals surface area contributed by atoms with E-state index in [4.69, 9.17) is 5.84 Å². The third-order valence-electron chi connectivity index (χ3n) is 4.22. The van der Waals surface area contributed by atoms with Gasteiger partial charge in [-0.05, 0) is 25.2 Å². The van der Waals surface area contributed by atoms with Crippen LogP contribution in [0.4, 0.5) is 0 Å². The number of nitrogens with two attached hydrogens (primary N) is 1. The van der Waals surface area contributed by atoms with Crippen LogP contribution in [0, 0.1) is 18.8 Å². The lowest BCUT2D eigenvalue weighted by molar-refractivity contribution is -0.120. The molecule has 3 N–H and O–H groups in total. The van der Waals surface area contributed by atoms with Crippen LogP contribution < -0.4 is 11.2 Å². The largest absolute Gasteiger partial charge is 0.352 e. The SMILES string of the molecule is Cc1nnc(SCC(=O)N[C@H]2CCC[C@H](C)[C@H]2C)n1N. The van der Waals surface area contributed by atoms with E-state index in [0.29, 0.717) is 34.6 Å².